The molecule has 11 heteroatoms. The molecule has 2 unspecified atom stereocenters. The first-order chi connectivity index (χ1) is 13.1. The lowest BCUT2D eigenvalue weighted by Crippen LogP contribution is -2.47. The van der Waals surface area contributed by atoms with Crippen molar-refractivity contribution in [3.8, 4) is 0 Å². The van der Waals surface area contributed by atoms with Crippen LogP contribution in [0.25, 0.3) is 0 Å². The first-order valence-electron chi connectivity index (χ1n) is 8.67. The molecule has 2 N–H and O–H groups in total. The molecule has 28 heavy (non-hydrogen) atoms. The molecule has 1 fully saturated rings. The average molecular weight is 416 g/mol. The molecule has 0 saturated carbocycles. The Morgan fingerprint density at radius 1 is 1.18 bits per heavy atom. The Bertz CT molecular complexity index is 1000. The van der Waals surface area contributed by atoms with Gasteiger partial charge >= 0.3 is 0 Å². The van der Waals surface area contributed by atoms with Crippen molar-refractivity contribution < 1.29 is 26.3 Å². The molecule has 3 heterocycles. The maximum Gasteiger partial charge on any atom is 0.250 e. The van der Waals surface area contributed by atoms with Crippen LogP contribution in [0, 0.1) is 17.5 Å². The lowest BCUT2D eigenvalue weighted by molar-refractivity contribution is -0.0533. The summed E-state index contributed by atoms with van der Waals surface area (Å²) in [5.74, 6) is -3.31. The minimum Gasteiger partial charge on any atom is -0.370 e. The zero-order valence-corrected chi connectivity index (χ0v) is 15.8. The molecule has 1 aromatic carbocycles. The highest BCUT2D eigenvalue weighted by Crippen LogP contribution is 2.34. The minimum atomic E-state index is -3.43. The third-order valence-corrected chi connectivity index (χ3v) is 6.05. The smallest absolute Gasteiger partial charge is 0.250 e. The molecular formula is C17H19F3N4O3S. The molecule has 0 spiro atoms. The lowest BCUT2D eigenvalue weighted by Gasteiger charge is -2.38. The van der Waals surface area contributed by atoms with Crippen LogP contribution in [0.4, 0.5) is 13.2 Å². The van der Waals surface area contributed by atoms with Gasteiger partial charge in [-0.25, -0.2) is 21.6 Å². The van der Waals surface area contributed by atoms with Gasteiger partial charge in [0.15, 0.2) is 11.6 Å². The molecule has 0 bridgehead atoms. The zero-order chi connectivity index (χ0) is 20.2. The summed E-state index contributed by atoms with van der Waals surface area (Å²) in [6.45, 7) is 1.17. The molecule has 2 aromatic rings. The average Bonchev–Trinajstić information content (AvgIpc) is 3.17. The monoisotopic (exact) mass is 416 g/mol. The molecule has 0 amide bonds. The van der Waals surface area contributed by atoms with Gasteiger partial charge in [0.25, 0.3) is 10.0 Å². The summed E-state index contributed by atoms with van der Waals surface area (Å²) in [7, 11) is -3.43. The lowest BCUT2D eigenvalue weighted by atomic mass is 9.93. The van der Waals surface area contributed by atoms with Crippen LogP contribution in [0.15, 0.2) is 18.3 Å². The standard InChI is InChI=1S/C17H19F3N4O3S/c1-28(25,26)24-6-9-5-23(7-16(9)22-24)10-2-15(21)17(27-8-10)11-3-13(19)14(20)4-12(11)18/h3-4,6,10,15,17H,2,5,7-8,21H2,1H3/t10?,15-,17?/m0/s1. The van der Waals surface area contributed by atoms with Gasteiger partial charge in [0, 0.05) is 48.6 Å². The second-order valence-corrected chi connectivity index (χ2v) is 9.08. The number of nitrogens with zero attached hydrogens (tertiary/aromatic N) is 3. The van der Waals surface area contributed by atoms with Crippen LogP contribution in [0.3, 0.4) is 0 Å². The van der Waals surface area contributed by atoms with Crippen molar-refractivity contribution in [2.24, 2.45) is 5.73 Å². The van der Waals surface area contributed by atoms with Crippen LogP contribution in [0.1, 0.15) is 29.3 Å². The summed E-state index contributed by atoms with van der Waals surface area (Å²) >= 11 is 0. The summed E-state index contributed by atoms with van der Waals surface area (Å²) in [5.41, 5.74) is 7.54. The molecule has 2 aliphatic rings. The molecule has 2 aliphatic heterocycles. The number of fused-ring (bicyclic) bond motifs is 1. The van der Waals surface area contributed by atoms with Gasteiger partial charge in [-0.3, -0.25) is 4.90 Å². The normalized spacial score (nSPS) is 25.8. The number of aromatic nitrogens is 2. The van der Waals surface area contributed by atoms with Gasteiger partial charge in [-0.05, 0) is 12.5 Å². The quantitative estimate of drug-likeness (QED) is 0.759. The van der Waals surface area contributed by atoms with Gasteiger partial charge in [0.05, 0.1) is 18.6 Å². The van der Waals surface area contributed by atoms with Crippen molar-refractivity contribution in [2.75, 3.05) is 12.9 Å². The van der Waals surface area contributed by atoms with Crippen molar-refractivity contribution in [1.82, 2.24) is 14.1 Å². The van der Waals surface area contributed by atoms with Crippen LogP contribution < -0.4 is 5.73 Å². The second kappa shape index (κ2) is 6.83. The number of hydrogen-bond acceptors (Lipinski definition) is 6. The molecule has 1 saturated heterocycles. The molecule has 3 atom stereocenters. The van der Waals surface area contributed by atoms with Gasteiger partial charge in [-0.1, -0.05) is 0 Å². The SMILES string of the molecule is CS(=O)(=O)n1cc2c(n1)CN(C1COC(c3cc(F)c(F)cc3F)[C@@H](N)C1)C2. The number of halogens is 3. The first kappa shape index (κ1) is 19.4. The molecule has 152 valence electrons. The Hall–Kier alpha value is -1.95. The van der Waals surface area contributed by atoms with Gasteiger partial charge in [0.2, 0.25) is 0 Å². The summed E-state index contributed by atoms with van der Waals surface area (Å²) in [6.07, 6.45) is 2.16. The topological polar surface area (TPSA) is 90.5 Å². The van der Waals surface area contributed by atoms with E-state index in [9.17, 15) is 21.6 Å². The zero-order valence-electron chi connectivity index (χ0n) is 15.0. The fourth-order valence-electron chi connectivity index (χ4n) is 3.76. The molecular weight excluding hydrogens is 397 g/mol. The highest BCUT2D eigenvalue weighted by Gasteiger charge is 2.37. The minimum absolute atomic E-state index is 0.0829. The Balaban J connectivity index is 1.45. The van der Waals surface area contributed by atoms with Crippen molar-refractivity contribution in [1.29, 1.82) is 0 Å². The van der Waals surface area contributed by atoms with E-state index in [0.717, 1.165) is 22.0 Å². The van der Waals surface area contributed by atoms with E-state index < -0.39 is 39.6 Å². The predicted octanol–water partition coefficient (Wildman–Crippen LogP) is 1.28. The van der Waals surface area contributed by atoms with E-state index in [4.69, 9.17) is 10.5 Å². The van der Waals surface area contributed by atoms with E-state index in [1.165, 1.54) is 6.20 Å². The van der Waals surface area contributed by atoms with E-state index in [2.05, 4.69) is 10.00 Å². The Kier molecular flexibility index (Phi) is 4.73. The number of nitrogens with two attached hydrogens (primary N) is 1. The Morgan fingerprint density at radius 3 is 2.54 bits per heavy atom. The largest absolute Gasteiger partial charge is 0.370 e. The van der Waals surface area contributed by atoms with E-state index in [-0.39, 0.29) is 18.2 Å². The van der Waals surface area contributed by atoms with E-state index in [0.29, 0.717) is 31.3 Å². The highest BCUT2D eigenvalue weighted by atomic mass is 32.2. The van der Waals surface area contributed by atoms with Crippen molar-refractivity contribution >= 4 is 10.0 Å². The summed E-state index contributed by atoms with van der Waals surface area (Å²) in [6, 6.07) is 0.587. The molecule has 4 rings (SSSR count). The summed E-state index contributed by atoms with van der Waals surface area (Å²) in [4.78, 5) is 2.06. The molecule has 7 nitrogen and oxygen atoms in total. The maximum absolute atomic E-state index is 14.0. The van der Waals surface area contributed by atoms with Crippen molar-refractivity contribution in [2.45, 2.75) is 37.7 Å². The Morgan fingerprint density at radius 2 is 1.89 bits per heavy atom. The van der Waals surface area contributed by atoms with E-state index >= 15 is 0 Å². The van der Waals surface area contributed by atoms with Crippen molar-refractivity contribution in [3.63, 3.8) is 0 Å². The maximum atomic E-state index is 14.0. The van der Waals surface area contributed by atoms with Gasteiger partial charge in [-0.15, -0.1) is 0 Å². The second-order valence-electron chi connectivity index (χ2n) is 7.24. The van der Waals surface area contributed by atoms with Crippen LogP contribution in [-0.4, -0.2) is 47.4 Å². The van der Waals surface area contributed by atoms with Crippen LogP contribution >= 0.6 is 0 Å². The molecule has 0 radical (unpaired) electrons. The van der Waals surface area contributed by atoms with Crippen LogP contribution in [0.2, 0.25) is 0 Å². The van der Waals surface area contributed by atoms with Gasteiger partial charge in [-0.2, -0.15) is 9.19 Å². The Labute approximate surface area is 159 Å². The number of hydrogen-bond donors (Lipinski definition) is 1. The first-order valence-corrected chi connectivity index (χ1v) is 10.5. The highest BCUT2D eigenvalue weighted by molar-refractivity contribution is 7.89. The van der Waals surface area contributed by atoms with E-state index in [1.807, 2.05) is 0 Å². The van der Waals surface area contributed by atoms with Gasteiger partial charge < -0.3 is 10.5 Å². The fourth-order valence-corrected chi connectivity index (χ4v) is 4.32. The fraction of sp³-hybridized carbons (Fsp3) is 0.471. The van der Waals surface area contributed by atoms with Gasteiger partial charge in [0.1, 0.15) is 11.9 Å². The van der Waals surface area contributed by atoms with Crippen molar-refractivity contribution in [3.05, 3.63) is 52.6 Å². The van der Waals surface area contributed by atoms with Crippen LogP contribution in [0.5, 0.6) is 0 Å². The predicted molar refractivity (Wildman–Crippen MR) is 93.1 cm³/mol. The van der Waals surface area contributed by atoms with E-state index in [1.54, 1.807) is 0 Å². The van der Waals surface area contributed by atoms with Crippen LogP contribution in [-0.2, 0) is 27.8 Å². The number of ether oxygens (including phenoxy) is 1. The summed E-state index contributed by atoms with van der Waals surface area (Å²) in [5, 5.41) is 4.11. The third-order valence-electron chi connectivity index (χ3n) is 5.19. The third kappa shape index (κ3) is 3.43. The molecule has 1 aromatic heterocycles. The number of rotatable bonds is 3. The summed E-state index contributed by atoms with van der Waals surface area (Å²) < 4.78 is 70.5. The molecule has 0 aliphatic carbocycles. The number of benzene rings is 1.